The molecule has 1 aliphatic heterocycles. The molecule has 0 spiro atoms. The molecule has 1 heterocycles. The summed E-state index contributed by atoms with van der Waals surface area (Å²) in [5.74, 6) is 0. The highest BCUT2D eigenvalue weighted by Gasteiger charge is 2.06. The van der Waals surface area contributed by atoms with Crippen LogP contribution in [-0.4, -0.2) is 13.1 Å². The van der Waals surface area contributed by atoms with Crippen molar-refractivity contribution < 1.29 is 0 Å². The minimum atomic E-state index is 1.04. The fourth-order valence-corrected chi connectivity index (χ4v) is 2.31. The molecule has 0 saturated carbocycles. The maximum Gasteiger partial charge on any atom is 0.0168 e. The van der Waals surface area contributed by atoms with Crippen molar-refractivity contribution in [3.8, 4) is 0 Å². The van der Waals surface area contributed by atoms with E-state index >= 15 is 0 Å². The summed E-state index contributed by atoms with van der Waals surface area (Å²) in [4.78, 5) is 0. The Morgan fingerprint density at radius 2 is 1.88 bits per heavy atom. The van der Waals surface area contributed by atoms with Crippen LogP contribution >= 0.6 is 0 Å². The average molecular weight is 209 g/mol. The van der Waals surface area contributed by atoms with Gasteiger partial charge in [0.15, 0.2) is 0 Å². The van der Waals surface area contributed by atoms with Gasteiger partial charge < -0.3 is 5.32 Å². The van der Waals surface area contributed by atoms with Gasteiger partial charge in [-0.2, -0.15) is 0 Å². The number of nitrogens with one attached hydrogen (secondary N) is 1. The smallest absolute Gasteiger partial charge is 0.0168 e. The highest BCUT2D eigenvalue weighted by molar-refractivity contribution is 5.90. The van der Waals surface area contributed by atoms with Crippen LogP contribution in [0.3, 0.4) is 0 Å². The Morgan fingerprint density at radius 3 is 2.75 bits per heavy atom. The molecule has 0 atom stereocenters. The van der Waals surface area contributed by atoms with E-state index in [0.29, 0.717) is 0 Å². The molecule has 0 bridgehead atoms. The Bertz CT molecular complexity index is 527. The summed E-state index contributed by atoms with van der Waals surface area (Å²) in [6.07, 6.45) is 3.52. The van der Waals surface area contributed by atoms with E-state index in [0.717, 1.165) is 13.1 Å². The number of hydrogen-bond donors (Lipinski definition) is 1. The first-order valence-corrected chi connectivity index (χ1v) is 5.81. The van der Waals surface area contributed by atoms with Gasteiger partial charge in [0.05, 0.1) is 0 Å². The van der Waals surface area contributed by atoms with E-state index < -0.39 is 0 Å². The molecule has 0 aliphatic carbocycles. The fraction of sp³-hybridized carbons (Fsp3) is 0.200. The van der Waals surface area contributed by atoms with E-state index in [9.17, 15) is 0 Å². The van der Waals surface area contributed by atoms with E-state index in [1.165, 1.54) is 28.3 Å². The summed E-state index contributed by atoms with van der Waals surface area (Å²) in [6.45, 7) is 2.17. The molecule has 80 valence electrons. The van der Waals surface area contributed by atoms with E-state index in [4.69, 9.17) is 0 Å². The lowest BCUT2D eigenvalue weighted by molar-refractivity contribution is 0.862. The molecule has 1 nitrogen and oxygen atoms in total. The van der Waals surface area contributed by atoms with E-state index in [2.05, 4.69) is 53.9 Å². The largest absolute Gasteiger partial charge is 0.313 e. The van der Waals surface area contributed by atoms with Gasteiger partial charge in [-0.1, -0.05) is 54.1 Å². The topological polar surface area (TPSA) is 12.0 Å². The molecule has 0 radical (unpaired) electrons. The van der Waals surface area contributed by atoms with Crippen molar-refractivity contribution in [3.05, 3.63) is 53.6 Å². The minimum absolute atomic E-state index is 1.04. The quantitative estimate of drug-likeness (QED) is 0.760. The van der Waals surface area contributed by atoms with Crippen LogP contribution < -0.4 is 5.32 Å². The van der Waals surface area contributed by atoms with Crippen LogP contribution in [0.15, 0.2) is 48.0 Å². The molecule has 1 heteroatoms. The minimum Gasteiger partial charge on any atom is -0.313 e. The normalized spacial score (nSPS) is 18.4. The summed E-state index contributed by atoms with van der Waals surface area (Å²) in [5.41, 5.74) is 2.85. The highest BCUT2D eigenvalue weighted by atomic mass is 14.9. The van der Waals surface area contributed by atoms with Gasteiger partial charge in [-0.05, 0) is 29.3 Å². The van der Waals surface area contributed by atoms with Gasteiger partial charge >= 0.3 is 0 Å². The Hall–Kier alpha value is -1.60. The van der Waals surface area contributed by atoms with E-state index in [1.807, 2.05) is 0 Å². The second-order valence-corrected chi connectivity index (χ2v) is 4.30. The van der Waals surface area contributed by atoms with Crippen molar-refractivity contribution in [2.75, 3.05) is 13.1 Å². The molecular weight excluding hydrogens is 194 g/mol. The zero-order valence-electron chi connectivity index (χ0n) is 9.24. The van der Waals surface area contributed by atoms with Gasteiger partial charge in [0, 0.05) is 6.54 Å². The first-order valence-electron chi connectivity index (χ1n) is 5.81. The molecule has 0 unspecified atom stereocenters. The first-order chi connectivity index (χ1) is 7.93. The Morgan fingerprint density at radius 1 is 1.00 bits per heavy atom. The Kier molecular flexibility index (Phi) is 2.47. The number of benzene rings is 2. The van der Waals surface area contributed by atoms with Gasteiger partial charge in [-0.15, -0.1) is 0 Å². The van der Waals surface area contributed by atoms with Gasteiger partial charge in [-0.3, -0.25) is 0 Å². The van der Waals surface area contributed by atoms with Gasteiger partial charge in [0.25, 0.3) is 0 Å². The average Bonchev–Trinajstić information content (AvgIpc) is 2.82. The standard InChI is InChI=1S/C15H15N/c1-2-7-15-13(4-1)5-3-6-14(15)10-12-8-9-16-11-12/h1-7,10,16H,8-9,11H2. The summed E-state index contributed by atoms with van der Waals surface area (Å²) in [7, 11) is 0. The second kappa shape index (κ2) is 4.11. The van der Waals surface area contributed by atoms with Crippen LogP contribution in [0.25, 0.3) is 16.8 Å². The SMILES string of the molecule is C(=C1CCNC1)c1cccc2ccccc12. The molecule has 16 heavy (non-hydrogen) atoms. The Balaban J connectivity index is 2.12. The lowest BCUT2D eigenvalue weighted by atomic mass is 10.0. The molecule has 1 aliphatic rings. The van der Waals surface area contributed by atoms with E-state index in [-0.39, 0.29) is 0 Å². The van der Waals surface area contributed by atoms with Crippen molar-refractivity contribution in [2.45, 2.75) is 6.42 Å². The number of fused-ring (bicyclic) bond motifs is 1. The molecule has 1 N–H and O–H groups in total. The zero-order valence-corrected chi connectivity index (χ0v) is 9.24. The van der Waals surface area contributed by atoms with Crippen LogP contribution in [0.5, 0.6) is 0 Å². The van der Waals surface area contributed by atoms with Crippen molar-refractivity contribution in [3.63, 3.8) is 0 Å². The van der Waals surface area contributed by atoms with Crippen LogP contribution in [0, 0.1) is 0 Å². The van der Waals surface area contributed by atoms with Crippen LogP contribution in [0.2, 0.25) is 0 Å². The predicted octanol–water partition coefficient (Wildman–Crippen LogP) is 3.22. The van der Waals surface area contributed by atoms with Crippen LogP contribution in [-0.2, 0) is 0 Å². The summed E-state index contributed by atoms with van der Waals surface area (Å²) in [6, 6.07) is 15.1. The molecule has 1 saturated heterocycles. The maximum atomic E-state index is 3.37. The maximum absolute atomic E-state index is 3.37. The molecule has 0 amide bonds. The zero-order chi connectivity index (χ0) is 10.8. The Labute approximate surface area is 95.8 Å². The molecule has 1 fully saturated rings. The predicted molar refractivity (Wildman–Crippen MR) is 69.4 cm³/mol. The lowest BCUT2D eigenvalue weighted by Gasteiger charge is -2.03. The summed E-state index contributed by atoms with van der Waals surface area (Å²) < 4.78 is 0. The monoisotopic (exact) mass is 209 g/mol. The van der Waals surface area contributed by atoms with Crippen LogP contribution in [0.1, 0.15) is 12.0 Å². The second-order valence-electron chi connectivity index (χ2n) is 4.30. The highest BCUT2D eigenvalue weighted by Crippen LogP contribution is 2.22. The van der Waals surface area contributed by atoms with Crippen molar-refractivity contribution in [1.82, 2.24) is 5.32 Å². The van der Waals surface area contributed by atoms with Gasteiger partial charge in [0.1, 0.15) is 0 Å². The summed E-state index contributed by atoms with van der Waals surface area (Å²) in [5, 5.41) is 6.05. The molecule has 2 aromatic rings. The first kappa shape index (κ1) is 9.61. The third-order valence-corrected chi connectivity index (χ3v) is 3.16. The molecule has 2 aromatic carbocycles. The number of rotatable bonds is 1. The van der Waals surface area contributed by atoms with E-state index in [1.54, 1.807) is 0 Å². The molecular formula is C15H15N. The van der Waals surface area contributed by atoms with Gasteiger partial charge in [-0.25, -0.2) is 0 Å². The number of hydrogen-bond acceptors (Lipinski definition) is 1. The fourth-order valence-electron chi connectivity index (χ4n) is 2.31. The van der Waals surface area contributed by atoms with Gasteiger partial charge in [0.2, 0.25) is 0 Å². The summed E-state index contributed by atoms with van der Waals surface area (Å²) >= 11 is 0. The third kappa shape index (κ3) is 1.74. The molecule has 0 aromatic heterocycles. The van der Waals surface area contributed by atoms with Crippen molar-refractivity contribution >= 4 is 16.8 Å². The van der Waals surface area contributed by atoms with Crippen molar-refractivity contribution in [1.29, 1.82) is 0 Å². The van der Waals surface area contributed by atoms with Crippen molar-refractivity contribution in [2.24, 2.45) is 0 Å². The molecule has 3 rings (SSSR count). The lowest BCUT2D eigenvalue weighted by Crippen LogP contribution is -2.04. The van der Waals surface area contributed by atoms with Crippen LogP contribution in [0.4, 0.5) is 0 Å². The third-order valence-electron chi connectivity index (χ3n) is 3.16.